The molecule has 1 atom stereocenters. The second kappa shape index (κ2) is 8.09. The van der Waals surface area contributed by atoms with Crippen molar-refractivity contribution in [1.29, 1.82) is 5.26 Å². The molecule has 9 heteroatoms. The third-order valence-corrected chi connectivity index (χ3v) is 5.80. The fourth-order valence-corrected chi connectivity index (χ4v) is 3.96. The zero-order chi connectivity index (χ0) is 20.4. The fraction of sp³-hybridized carbons (Fsp3) is 0.500. The molecule has 2 amide bonds. The summed E-state index contributed by atoms with van der Waals surface area (Å²) in [5.74, 6) is 0.0753. The maximum Gasteiger partial charge on any atom is 0.267 e. The highest BCUT2D eigenvalue weighted by Gasteiger charge is 2.29. The smallest absolute Gasteiger partial charge is 0.267 e. The Balaban J connectivity index is 1.38. The van der Waals surface area contributed by atoms with E-state index in [2.05, 4.69) is 27.3 Å². The lowest BCUT2D eigenvalue weighted by atomic mass is 9.94. The molecule has 2 aromatic heterocycles. The molecule has 29 heavy (non-hydrogen) atoms. The molecule has 152 valence electrons. The number of nitriles is 1. The number of carbonyl (C=O) groups is 2. The van der Waals surface area contributed by atoms with Gasteiger partial charge in [-0.3, -0.25) is 14.3 Å². The van der Waals surface area contributed by atoms with Gasteiger partial charge in [0.15, 0.2) is 0 Å². The number of piperazine rings is 1. The quantitative estimate of drug-likeness (QED) is 0.782. The zero-order valence-corrected chi connectivity index (χ0v) is 16.5. The zero-order valence-electron chi connectivity index (χ0n) is 16.5. The van der Waals surface area contributed by atoms with E-state index in [4.69, 9.17) is 5.26 Å². The summed E-state index contributed by atoms with van der Waals surface area (Å²) in [6.45, 7) is 4.51. The molecule has 2 aliphatic heterocycles. The maximum atomic E-state index is 13.0. The van der Waals surface area contributed by atoms with Crippen molar-refractivity contribution >= 4 is 11.8 Å². The Morgan fingerprint density at radius 1 is 1.28 bits per heavy atom. The minimum absolute atomic E-state index is 0.0551. The molecule has 0 aliphatic carbocycles. The number of nitrogens with one attached hydrogen (secondary N) is 2. The molecule has 4 rings (SSSR count). The van der Waals surface area contributed by atoms with Crippen molar-refractivity contribution in [2.75, 3.05) is 39.8 Å². The van der Waals surface area contributed by atoms with E-state index < -0.39 is 0 Å². The highest BCUT2D eigenvalue weighted by atomic mass is 16.2. The number of carbonyl (C=O) groups excluding carboxylic acids is 2. The van der Waals surface area contributed by atoms with Crippen molar-refractivity contribution in [3.8, 4) is 6.07 Å². The number of aromatic nitrogens is 3. The molecule has 0 unspecified atom stereocenters. The lowest BCUT2D eigenvalue weighted by Gasteiger charge is -2.32. The number of H-pyrrole nitrogens is 1. The second-order valence-corrected chi connectivity index (χ2v) is 7.79. The van der Waals surface area contributed by atoms with Crippen LogP contribution in [0.25, 0.3) is 0 Å². The van der Waals surface area contributed by atoms with E-state index in [-0.39, 0.29) is 17.7 Å². The molecule has 2 N–H and O–H groups in total. The van der Waals surface area contributed by atoms with Crippen LogP contribution in [0.3, 0.4) is 0 Å². The van der Waals surface area contributed by atoms with Gasteiger partial charge in [-0.2, -0.15) is 10.4 Å². The highest BCUT2D eigenvalue weighted by Crippen LogP contribution is 2.24. The number of hydrogen-bond donors (Lipinski definition) is 2. The van der Waals surface area contributed by atoms with Gasteiger partial charge < -0.3 is 20.1 Å². The van der Waals surface area contributed by atoms with Gasteiger partial charge in [0, 0.05) is 39.3 Å². The third-order valence-electron chi connectivity index (χ3n) is 5.80. The van der Waals surface area contributed by atoms with Gasteiger partial charge in [0.25, 0.3) is 11.8 Å². The van der Waals surface area contributed by atoms with E-state index in [9.17, 15) is 9.59 Å². The minimum atomic E-state index is -0.223. The van der Waals surface area contributed by atoms with E-state index in [1.54, 1.807) is 18.3 Å². The van der Waals surface area contributed by atoms with Crippen LogP contribution in [-0.2, 0) is 13.0 Å². The topological polar surface area (TPSA) is 110 Å². The lowest BCUT2D eigenvalue weighted by molar-refractivity contribution is 0.0661. The van der Waals surface area contributed by atoms with E-state index in [0.717, 1.165) is 44.8 Å². The molecular formula is C20H25N7O2. The van der Waals surface area contributed by atoms with Crippen molar-refractivity contribution in [3.05, 3.63) is 41.0 Å². The summed E-state index contributed by atoms with van der Waals surface area (Å²) in [5, 5.41) is 16.2. The lowest BCUT2D eigenvalue weighted by Crippen LogP contribution is -2.47. The van der Waals surface area contributed by atoms with E-state index in [1.807, 2.05) is 15.7 Å². The average Bonchev–Trinajstić information content (AvgIpc) is 3.39. The molecule has 0 aromatic carbocycles. The number of aromatic amines is 1. The van der Waals surface area contributed by atoms with Crippen molar-refractivity contribution < 1.29 is 9.59 Å². The van der Waals surface area contributed by atoms with Gasteiger partial charge in [-0.15, -0.1) is 0 Å². The predicted molar refractivity (Wildman–Crippen MR) is 105 cm³/mol. The van der Waals surface area contributed by atoms with Gasteiger partial charge in [0.2, 0.25) is 0 Å². The Hall–Kier alpha value is -3.12. The summed E-state index contributed by atoms with van der Waals surface area (Å²) < 4.78 is 1.92. The first-order valence-electron chi connectivity index (χ1n) is 9.95. The van der Waals surface area contributed by atoms with Crippen LogP contribution in [0.2, 0.25) is 0 Å². The van der Waals surface area contributed by atoms with Gasteiger partial charge >= 0.3 is 0 Å². The van der Waals surface area contributed by atoms with Crippen LogP contribution in [0.15, 0.2) is 18.3 Å². The Labute approximate surface area is 169 Å². The van der Waals surface area contributed by atoms with Crippen LogP contribution >= 0.6 is 0 Å². The normalized spacial score (nSPS) is 19.4. The molecule has 1 saturated heterocycles. The number of aryl methyl sites for hydroxylation is 1. The van der Waals surface area contributed by atoms with Crippen molar-refractivity contribution in [1.82, 2.24) is 29.9 Å². The van der Waals surface area contributed by atoms with Crippen LogP contribution in [0.1, 0.15) is 38.7 Å². The van der Waals surface area contributed by atoms with Crippen LogP contribution < -0.4 is 5.32 Å². The molecule has 0 bridgehead atoms. The number of hydrogen-bond acceptors (Lipinski definition) is 5. The number of likely N-dealkylation sites (N-methyl/N-ethyl adjacent to an activating group) is 1. The Bertz CT molecular complexity index is 946. The highest BCUT2D eigenvalue weighted by molar-refractivity contribution is 5.95. The van der Waals surface area contributed by atoms with Gasteiger partial charge in [-0.1, -0.05) is 0 Å². The Morgan fingerprint density at radius 3 is 2.79 bits per heavy atom. The summed E-state index contributed by atoms with van der Waals surface area (Å²) in [5.41, 5.74) is 2.40. The van der Waals surface area contributed by atoms with Crippen LogP contribution in [0.4, 0.5) is 0 Å². The molecule has 9 nitrogen and oxygen atoms in total. The molecular weight excluding hydrogens is 370 g/mol. The predicted octanol–water partition coefficient (Wildman–Crippen LogP) is 0.463. The Kier molecular flexibility index (Phi) is 5.36. The Morgan fingerprint density at radius 2 is 2.07 bits per heavy atom. The molecule has 1 fully saturated rings. The van der Waals surface area contributed by atoms with Crippen LogP contribution in [0, 0.1) is 17.2 Å². The van der Waals surface area contributed by atoms with Gasteiger partial charge in [-0.25, -0.2) is 0 Å². The number of fused-ring (bicyclic) bond motifs is 1. The standard InChI is InChI=1S/C20H25N7O2/c1-25-6-8-26(9-7-25)20(29)16-13-23-27-5-4-14(10-18(16)27)12-22-19(28)17-3-2-15(11-21)24-17/h2-3,13-14,24H,4-10,12H2,1H3,(H,22,28)/t14-/m1/s1. The average molecular weight is 395 g/mol. The van der Waals surface area contributed by atoms with Crippen molar-refractivity contribution in [3.63, 3.8) is 0 Å². The number of rotatable bonds is 4. The fourth-order valence-electron chi connectivity index (χ4n) is 3.96. The molecule has 2 aromatic rings. The largest absolute Gasteiger partial charge is 0.350 e. The maximum absolute atomic E-state index is 13.0. The van der Waals surface area contributed by atoms with Gasteiger partial charge in [0.1, 0.15) is 17.5 Å². The molecule has 2 aliphatic rings. The van der Waals surface area contributed by atoms with E-state index >= 15 is 0 Å². The van der Waals surface area contributed by atoms with Crippen molar-refractivity contribution in [2.45, 2.75) is 19.4 Å². The molecule has 0 saturated carbocycles. The number of nitrogens with zero attached hydrogens (tertiary/aromatic N) is 5. The van der Waals surface area contributed by atoms with E-state index in [1.165, 1.54) is 0 Å². The third kappa shape index (κ3) is 4.03. The summed E-state index contributed by atoms with van der Waals surface area (Å²) in [4.78, 5) is 32.2. The second-order valence-electron chi connectivity index (χ2n) is 7.79. The summed E-state index contributed by atoms with van der Waals surface area (Å²) in [7, 11) is 2.07. The van der Waals surface area contributed by atoms with Crippen molar-refractivity contribution in [2.24, 2.45) is 5.92 Å². The molecule has 0 spiro atoms. The van der Waals surface area contributed by atoms with Crippen LogP contribution in [-0.4, -0.2) is 76.2 Å². The monoisotopic (exact) mass is 395 g/mol. The summed E-state index contributed by atoms with van der Waals surface area (Å²) in [6.07, 6.45) is 3.30. The SMILES string of the molecule is CN1CCN(C(=O)c2cnn3c2C[C@H](CNC(=O)c2ccc(C#N)[nH]2)CC3)CC1. The molecule has 4 heterocycles. The number of amides is 2. The summed E-state index contributed by atoms with van der Waals surface area (Å²) >= 11 is 0. The summed E-state index contributed by atoms with van der Waals surface area (Å²) in [6, 6.07) is 5.17. The van der Waals surface area contributed by atoms with Gasteiger partial charge in [-0.05, 0) is 37.9 Å². The van der Waals surface area contributed by atoms with Crippen LogP contribution in [0.5, 0.6) is 0 Å². The molecule has 0 radical (unpaired) electrons. The minimum Gasteiger partial charge on any atom is -0.350 e. The first kappa shape index (κ1) is 19.2. The first-order chi connectivity index (χ1) is 14.0. The first-order valence-corrected chi connectivity index (χ1v) is 9.95. The van der Waals surface area contributed by atoms with E-state index in [0.29, 0.717) is 29.9 Å². The van der Waals surface area contributed by atoms with Gasteiger partial charge in [0.05, 0.1) is 17.5 Å².